The minimum atomic E-state index is -0.592. The zero-order valence-electron chi connectivity index (χ0n) is 15.6. The van der Waals surface area contributed by atoms with E-state index in [9.17, 15) is 14.4 Å². The number of hydrogen-bond donors (Lipinski definition) is 1. The van der Waals surface area contributed by atoms with Crippen LogP contribution in [0.1, 0.15) is 28.8 Å². The molecular weight excluding hydrogens is 384 g/mol. The Bertz CT molecular complexity index is 1170. The van der Waals surface area contributed by atoms with Crippen molar-refractivity contribution in [2.75, 3.05) is 0 Å². The molecule has 0 spiro atoms. The van der Waals surface area contributed by atoms with Crippen LogP contribution in [-0.2, 0) is 16.1 Å². The summed E-state index contributed by atoms with van der Waals surface area (Å²) in [4.78, 5) is 40.4. The Morgan fingerprint density at radius 2 is 1.76 bits per heavy atom. The predicted octanol–water partition coefficient (Wildman–Crippen LogP) is 3.75. The fourth-order valence-electron chi connectivity index (χ4n) is 4.01. The van der Waals surface area contributed by atoms with Gasteiger partial charge >= 0.3 is 0 Å². The predicted molar refractivity (Wildman–Crippen MR) is 111 cm³/mol. The second-order valence-electron chi connectivity index (χ2n) is 7.29. The second-order valence-corrected chi connectivity index (χ2v) is 8.41. The van der Waals surface area contributed by atoms with Gasteiger partial charge in [0.05, 0.1) is 0 Å². The number of hydrogen-bond acceptors (Lipinski definition) is 4. The summed E-state index contributed by atoms with van der Waals surface area (Å²) in [7, 11) is 0. The van der Waals surface area contributed by atoms with Crippen molar-refractivity contribution in [3.05, 3.63) is 71.8 Å². The van der Waals surface area contributed by atoms with Crippen LogP contribution in [0.2, 0.25) is 0 Å². The van der Waals surface area contributed by atoms with Crippen molar-refractivity contribution in [2.45, 2.75) is 35.2 Å². The molecule has 1 atom stereocenters. The van der Waals surface area contributed by atoms with Gasteiger partial charge in [0.2, 0.25) is 11.8 Å². The quantitative estimate of drug-likeness (QED) is 0.678. The summed E-state index contributed by atoms with van der Waals surface area (Å²) >= 11 is 1.63. The van der Waals surface area contributed by atoms with E-state index in [1.54, 1.807) is 16.7 Å². The molecule has 5 nitrogen and oxygen atoms in total. The Balaban J connectivity index is 1.44. The Hall–Kier alpha value is -3.12. The third-order valence-corrected chi connectivity index (χ3v) is 6.58. The molecule has 0 radical (unpaired) electrons. The smallest absolute Gasteiger partial charge is 0.255 e. The molecule has 0 aromatic heterocycles. The Morgan fingerprint density at radius 3 is 2.59 bits per heavy atom. The van der Waals surface area contributed by atoms with Gasteiger partial charge in [-0.15, -0.1) is 0 Å². The van der Waals surface area contributed by atoms with Gasteiger partial charge in [-0.25, -0.2) is 0 Å². The Kier molecular flexibility index (Phi) is 4.36. The fourth-order valence-corrected chi connectivity index (χ4v) is 5.03. The molecule has 2 heterocycles. The Morgan fingerprint density at radius 1 is 0.931 bits per heavy atom. The van der Waals surface area contributed by atoms with E-state index in [4.69, 9.17) is 0 Å². The molecule has 0 aliphatic carbocycles. The lowest BCUT2D eigenvalue weighted by Gasteiger charge is -2.29. The topological polar surface area (TPSA) is 66.5 Å². The van der Waals surface area contributed by atoms with Crippen LogP contribution in [0, 0.1) is 0 Å². The number of benzene rings is 3. The minimum Gasteiger partial charge on any atom is -0.322 e. The number of amides is 3. The molecule has 1 saturated heterocycles. The van der Waals surface area contributed by atoms with E-state index in [1.807, 2.05) is 30.3 Å². The summed E-state index contributed by atoms with van der Waals surface area (Å²) in [5, 5.41) is 4.71. The maximum absolute atomic E-state index is 13.0. The van der Waals surface area contributed by atoms with Crippen LogP contribution < -0.4 is 5.32 Å². The molecule has 2 aliphatic heterocycles. The van der Waals surface area contributed by atoms with Crippen LogP contribution in [0.3, 0.4) is 0 Å². The first kappa shape index (κ1) is 17.9. The van der Waals surface area contributed by atoms with E-state index in [2.05, 4.69) is 35.6 Å². The summed E-state index contributed by atoms with van der Waals surface area (Å²) in [5.74, 6) is -0.801. The fraction of sp³-hybridized carbons (Fsp3) is 0.174. The van der Waals surface area contributed by atoms with Crippen molar-refractivity contribution >= 4 is 40.3 Å². The maximum atomic E-state index is 13.0. The number of carbonyl (C=O) groups excluding carboxylic acids is 3. The minimum absolute atomic E-state index is 0.143. The third kappa shape index (κ3) is 3.19. The number of imide groups is 1. The van der Waals surface area contributed by atoms with Crippen LogP contribution in [0.5, 0.6) is 0 Å². The second kappa shape index (κ2) is 7.04. The molecule has 1 unspecified atom stereocenters. The van der Waals surface area contributed by atoms with Crippen LogP contribution in [0.4, 0.5) is 0 Å². The molecule has 3 amide bonds. The number of nitrogens with zero attached hydrogens (tertiary/aromatic N) is 1. The van der Waals surface area contributed by atoms with Crippen LogP contribution in [0.25, 0.3) is 10.8 Å². The van der Waals surface area contributed by atoms with Gasteiger partial charge in [0, 0.05) is 28.3 Å². The van der Waals surface area contributed by atoms with Crippen LogP contribution in [0.15, 0.2) is 70.5 Å². The summed E-state index contributed by atoms with van der Waals surface area (Å²) in [6, 6.07) is 19.7. The Labute approximate surface area is 172 Å². The van der Waals surface area contributed by atoms with E-state index < -0.39 is 6.04 Å². The van der Waals surface area contributed by atoms with Crippen LogP contribution in [-0.4, -0.2) is 28.7 Å². The normalized spacial score (nSPS) is 18.8. The molecule has 6 heteroatoms. The van der Waals surface area contributed by atoms with Crippen molar-refractivity contribution in [1.29, 1.82) is 0 Å². The van der Waals surface area contributed by atoms with E-state index >= 15 is 0 Å². The standard InChI is InChI=1S/C23H18N2O3S/c26-21-11-10-19(22(27)24-21)25-13-18-17(23(25)28)6-3-7-20(18)29-16-9-8-14-4-1-2-5-15(14)12-16/h1-9,12,19H,10-11,13H2,(H,24,26,27). The van der Waals surface area contributed by atoms with Gasteiger partial charge in [0.1, 0.15) is 6.04 Å². The summed E-state index contributed by atoms with van der Waals surface area (Å²) in [6.07, 6.45) is 0.632. The molecule has 3 aromatic carbocycles. The lowest BCUT2D eigenvalue weighted by atomic mass is 10.0. The van der Waals surface area contributed by atoms with Crippen molar-refractivity contribution in [1.82, 2.24) is 10.2 Å². The lowest BCUT2D eigenvalue weighted by Crippen LogP contribution is -2.52. The van der Waals surface area contributed by atoms with Crippen molar-refractivity contribution in [3.8, 4) is 0 Å². The first-order chi connectivity index (χ1) is 14.1. The van der Waals surface area contributed by atoms with Gasteiger partial charge in [0.25, 0.3) is 5.91 Å². The van der Waals surface area contributed by atoms with Crippen molar-refractivity contribution < 1.29 is 14.4 Å². The monoisotopic (exact) mass is 402 g/mol. The molecule has 3 aromatic rings. The zero-order chi connectivity index (χ0) is 20.0. The highest BCUT2D eigenvalue weighted by Gasteiger charge is 2.39. The van der Waals surface area contributed by atoms with Gasteiger partial charge in [-0.3, -0.25) is 19.7 Å². The van der Waals surface area contributed by atoms with Crippen molar-refractivity contribution in [2.24, 2.45) is 0 Å². The van der Waals surface area contributed by atoms with E-state index in [0.29, 0.717) is 18.5 Å². The molecular formula is C23H18N2O3S. The third-order valence-electron chi connectivity index (χ3n) is 5.49. The average molecular weight is 402 g/mol. The molecule has 5 rings (SSSR count). The molecule has 1 N–H and O–H groups in total. The van der Waals surface area contributed by atoms with Gasteiger partial charge in [-0.05, 0) is 47.0 Å². The number of nitrogens with one attached hydrogen (secondary N) is 1. The molecule has 144 valence electrons. The largest absolute Gasteiger partial charge is 0.322 e. The average Bonchev–Trinajstić information content (AvgIpc) is 3.06. The van der Waals surface area contributed by atoms with E-state index in [-0.39, 0.29) is 24.1 Å². The molecule has 0 saturated carbocycles. The maximum Gasteiger partial charge on any atom is 0.255 e. The zero-order valence-corrected chi connectivity index (χ0v) is 16.4. The number of piperidine rings is 1. The highest BCUT2D eigenvalue weighted by Crippen LogP contribution is 2.38. The highest BCUT2D eigenvalue weighted by molar-refractivity contribution is 7.99. The number of rotatable bonds is 3. The first-order valence-electron chi connectivity index (χ1n) is 9.53. The van der Waals surface area contributed by atoms with Gasteiger partial charge in [-0.1, -0.05) is 48.2 Å². The SMILES string of the molecule is O=C1CCC(N2Cc3c(Sc4ccc5ccccc5c4)cccc3C2=O)C(=O)N1. The van der Waals surface area contributed by atoms with Gasteiger partial charge in [0.15, 0.2) is 0 Å². The summed E-state index contributed by atoms with van der Waals surface area (Å²) in [6.45, 7) is 0.386. The number of carbonyl (C=O) groups is 3. The molecule has 29 heavy (non-hydrogen) atoms. The highest BCUT2D eigenvalue weighted by atomic mass is 32.2. The lowest BCUT2D eigenvalue weighted by molar-refractivity contribution is -0.136. The van der Waals surface area contributed by atoms with Crippen molar-refractivity contribution in [3.63, 3.8) is 0 Å². The summed E-state index contributed by atoms with van der Waals surface area (Å²) < 4.78 is 0. The number of fused-ring (bicyclic) bond motifs is 2. The van der Waals surface area contributed by atoms with Crippen LogP contribution >= 0.6 is 11.8 Å². The summed E-state index contributed by atoms with van der Waals surface area (Å²) in [5.41, 5.74) is 1.58. The molecule has 2 aliphatic rings. The van der Waals surface area contributed by atoms with E-state index in [1.165, 1.54) is 10.8 Å². The van der Waals surface area contributed by atoms with Gasteiger partial charge in [-0.2, -0.15) is 0 Å². The molecule has 1 fully saturated rings. The van der Waals surface area contributed by atoms with E-state index in [0.717, 1.165) is 15.4 Å². The molecule has 0 bridgehead atoms. The first-order valence-corrected chi connectivity index (χ1v) is 10.3. The van der Waals surface area contributed by atoms with Gasteiger partial charge < -0.3 is 4.90 Å².